The van der Waals surface area contributed by atoms with Crippen LogP contribution in [-0.4, -0.2) is 24.5 Å². The van der Waals surface area contributed by atoms with E-state index in [0.29, 0.717) is 5.58 Å². The van der Waals surface area contributed by atoms with Crippen LogP contribution in [-0.2, 0) is 0 Å². The summed E-state index contributed by atoms with van der Waals surface area (Å²) in [5.41, 5.74) is 9.65. The summed E-state index contributed by atoms with van der Waals surface area (Å²) in [6.45, 7) is 0. The highest BCUT2D eigenvalue weighted by atomic mass is 16.3. The van der Waals surface area contributed by atoms with Crippen LogP contribution < -0.4 is 0 Å². The molecule has 7 aromatic heterocycles. The second-order valence-corrected chi connectivity index (χ2v) is 9.57. The lowest BCUT2D eigenvalue weighted by atomic mass is 10.0. The van der Waals surface area contributed by atoms with Gasteiger partial charge >= 0.3 is 0 Å². The third-order valence-corrected chi connectivity index (χ3v) is 7.51. The second-order valence-electron chi connectivity index (χ2n) is 9.57. The van der Waals surface area contributed by atoms with Crippen molar-refractivity contribution in [2.75, 3.05) is 0 Å². The largest absolute Gasteiger partial charge is 0.454 e. The monoisotopic (exact) mass is 503 g/mol. The molecule has 0 aliphatic heterocycles. The Labute approximate surface area is 220 Å². The molecule has 0 atom stereocenters. The van der Waals surface area contributed by atoms with Crippen LogP contribution in [0.5, 0.6) is 0 Å². The van der Waals surface area contributed by atoms with Crippen LogP contribution in [0.4, 0.5) is 0 Å². The fraction of sp³-hybridized carbons (Fsp3) is 0. The van der Waals surface area contributed by atoms with Crippen LogP contribution in [0.2, 0.25) is 0 Å². The van der Waals surface area contributed by atoms with Gasteiger partial charge < -0.3 is 13.4 Å². The van der Waals surface area contributed by atoms with E-state index >= 15 is 0 Å². The summed E-state index contributed by atoms with van der Waals surface area (Å²) >= 11 is 0. The lowest BCUT2D eigenvalue weighted by molar-refractivity contribution is 0.664. The van der Waals surface area contributed by atoms with E-state index in [1.165, 1.54) is 0 Å². The molecule has 7 heterocycles. The van der Waals surface area contributed by atoms with Crippen LogP contribution in [0.1, 0.15) is 0 Å². The van der Waals surface area contributed by atoms with Gasteiger partial charge in [0.15, 0.2) is 11.2 Å². The highest BCUT2D eigenvalue weighted by Gasteiger charge is 2.20. The third-order valence-electron chi connectivity index (χ3n) is 7.51. The Hall–Kier alpha value is -5.56. The molecule has 0 aliphatic rings. The van der Waals surface area contributed by atoms with Gasteiger partial charge in [-0.3, -0.25) is 19.9 Å². The topological polar surface area (TPSA) is 82.8 Å². The third kappa shape index (κ3) is 2.76. The maximum atomic E-state index is 6.45. The molecule has 39 heavy (non-hydrogen) atoms. The van der Waals surface area contributed by atoms with Gasteiger partial charge in [0, 0.05) is 75.5 Å². The number of hydrogen-bond acceptors (Lipinski definition) is 6. The van der Waals surface area contributed by atoms with E-state index in [2.05, 4.69) is 31.7 Å². The normalized spacial score (nSPS) is 12.1. The van der Waals surface area contributed by atoms with Crippen molar-refractivity contribution in [1.29, 1.82) is 0 Å². The number of aromatic nitrogens is 5. The van der Waals surface area contributed by atoms with Crippen LogP contribution in [0.3, 0.4) is 0 Å². The van der Waals surface area contributed by atoms with Gasteiger partial charge in [-0.05, 0) is 54.6 Å². The second kappa shape index (κ2) is 7.49. The molecule has 0 spiro atoms. The fourth-order valence-corrected chi connectivity index (χ4v) is 5.80. The summed E-state index contributed by atoms with van der Waals surface area (Å²) in [6.07, 6.45) is 11.1. The number of fused-ring (bicyclic) bond motifs is 9. The van der Waals surface area contributed by atoms with E-state index in [4.69, 9.17) is 13.8 Å². The first-order valence-electron chi connectivity index (χ1n) is 12.6. The summed E-state index contributed by atoms with van der Waals surface area (Å²) in [4.78, 5) is 18.1. The zero-order valence-corrected chi connectivity index (χ0v) is 20.4. The summed E-state index contributed by atoms with van der Waals surface area (Å²) in [7, 11) is 0. The molecular formula is C32H17N5O2. The Balaban J connectivity index is 1.31. The predicted molar refractivity (Wildman–Crippen MR) is 152 cm³/mol. The molecular weight excluding hydrogens is 486 g/mol. The molecule has 0 bridgehead atoms. The van der Waals surface area contributed by atoms with E-state index in [9.17, 15) is 0 Å². The highest BCUT2D eigenvalue weighted by molar-refractivity contribution is 6.13. The molecule has 182 valence electrons. The van der Waals surface area contributed by atoms with Crippen molar-refractivity contribution in [1.82, 2.24) is 24.5 Å². The molecule has 9 aromatic rings. The minimum absolute atomic E-state index is 0.716. The summed E-state index contributed by atoms with van der Waals surface area (Å²) in [5.74, 6) is 0. The van der Waals surface area contributed by atoms with Gasteiger partial charge in [-0.15, -0.1) is 0 Å². The Morgan fingerprint density at radius 1 is 0.538 bits per heavy atom. The molecule has 0 amide bonds. The van der Waals surface area contributed by atoms with Crippen molar-refractivity contribution in [3.63, 3.8) is 0 Å². The Kier molecular flexibility index (Phi) is 3.93. The van der Waals surface area contributed by atoms with E-state index in [1.54, 1.807) is 0 Å². The van der Waals surface area contributed by atoms with Crippen molar-refractivity contribution in [3.05, 3.63) is 104 Å². The van der Waals surface area contributed by atoms with Crippen molar-refractivity contribution in [3.8, 4) is 16.8 Å². The average molecular weight is 504 g/mol. The molecule has 0 fully saturated rings. The number of pyridine rings is 4. The van der Waals surface area contributed by atoms with E-state index in [1.807, 2.05) is 91.8 Å². The van der Waals surface area contributed by atoms with Crippen molar-refractivity contribution in [2.45, 2.75) is 0 Å². The first kappa shape index (κ1) is 20.5. The lowest BCUT2D eigenvalue weighted by Crippen LogP contribution is -1.93. The van der Waals surface area contributed by atoms with Crippen molar-refractivity contribution < 1.29 is 8.83 Å². The summed E-state index contributed by atoms with van der Waals surface area (Å²) in [6, 6.07) is 22.2. The molecule has 0 N–H and O–H groups in total. The van der Waals surface area contributed by atoms with Gasteiger partial charge in [0.1, 0.15) is 22.2 Å². The number of benzene rings is 2. The zero-order valence-electron chi connectivity index (χ0n) is 20.4. The van der Waals surface area contributed by atoms with E-state index in [0.717, 1.165) is 77.2 Å². The fourth-order valence-electron chi connectivity index (χ4n) is 5.80. The molecule has 0 aliphatic carbocycles. The summed E-state index contributed by atoms with van der Waals surface area (Å²) < 4.78 is 15.0. The number of hydrogen-bond donors (Lipinski definition) is 0. The maximum Gasteiger partial charge on any atom is 0.161 e. The minimum atomic E-state index is 0.716. The van der Waals surface area contributed by atoms with Gasteiger partial charge in [0.2, 0.25) is 0 Å². The minimum Gasteiger partial charge on any atom is -0.454 e. The van der Waals surface area contributed by atoms with Crippen LogP contribution in [0.25, 0.3) is 82.8 Å². The van der Waals surface area contributed by atoms with E-state index < -0.39 is 0 Å². The molecule has 0 saturated heterocycles. The molecule has 9 rings (SSSR count). The van der Waals surface area contributed by atoms with E-state index in [-0.39, 0.29) is 0 Å². The number of rotatable bonds is 2. The average Bonchev–Trinajstić information content (AvgIpc) is 3.66. The van der Waals surface area contributed by atoms with Crippen LogP contribution in [0.15, 0.2) is 113 Å². The smallest absolute Gasteiger partial charge is 0.161 e. The van der Waals surface area contributed by atoms with Crippen LogP contribution in [0, 0.1) is 0 Å². The number of nitrogens with zero attached hydrogens (tertiary/aromatic N) is 5. The number of furan rings is 2. The molecule has 0 saturated carbocycles. The first-order chi connectivity index (χ1) is 19.3. The molecule has 7 nitrogen and oxygen atoms in total. The molecule has 2 aromatic carbocycles. The molecule has 0 radical (unpaired) electrons. The molecule has 7 heteroatoms. The molecule has 0 unspecified atom stereocenters. The summed E-state index contributed by atoms with van der Waals surface area (Å²) in [5, 5.41) is 4.05. The van der Waals surface area contributed by atoms with Gasteiger partial charge in [-0.2, -0.15) is 0 Å². The lowest BCUT2D eigenvalue weighted by Gasteiger charge is -2.07. The zero-order chi connectivity index (χ0) is 25.5. The Bertz CT molecular complexity index is 2360. The van der Waals surface area contributed by atoms with Gasteiger partial charge in [-0.1, -0.05) is 12.1 Å². The Morgan fingerprint density at radius 3 is 1.85 bits per heavy atom. The first-order valence-corrected chi connectivity index (χ1v) is 12.6. The van der Waals surface area contributed by atoms with Gasteiger partial charge in [0.25, 0.3) is 0 Å². The van der Waals surface area contributed by atoms with Crippen molar-refractivity contribution in [2.24, 2.45) is 0 Å². The maximum absolute atomic E-state index is 6.45. The van der Waals surface area contributed by atoms with Gasteiger partial charge in [-0.25, -0.2) is 0 Å². The van der Waals surface area contributed by atoms with Crippen LogP contribution >= 0.6 is 0 Å². The predicted octanol–water partition coefficient (Wildman–Crippen LogP) is 7.83. The van der Waals surface area contributed by atoms with Gasteiger partial charge in [0.05, 0.1) is 11.0 Å². The SMILES string of the molecule is c1ccc2c(c1)oc1c(-c3ccnc4c3oc3ccc(-n5c6ccncc6c6cnccc65)cc34)ccnc12. The standard InChI is InChI=1S/C32H17N5O2/c1-2-4-27-21(3-1)29-31(38-27)19(7-13-35-29)20-8-14-36-30-22-15-18(5-6-28(22)39-32(20)30)37-25-9-11-33-16-23(25)24-17-34-12-10-26(24)37/h1-17H. The number of para-hydroxylation sites is 1. The Morgan fingerprint density at radius 2 is 1.15 bits per heavy atom. The highest BCUT2D eigenvalue weighted by Crippen LogP contribution is 2.40. The van der Waals surface area contributed by atoms with Crippen molar-refractivity contribution >= 4 is 65.9 Å². The quantitative estimate of drug-likeness (QED) is 0.239.